The minimum atomic E-state index is -1.23. The van der Waals surface area contributed by atoms with E-state index < -0.39 is 17.5 Å². The van der Waals surface area contributed by atoms with Crippen molar-refractivity contribution in [3.8, 4) is 5.75 Å². The molecule has 1 aliphatic heterocycles. The smallest absolute Gasteiger partial charge is 0.313 e. The summed E-state index contributed by atoms with van der Waals surface area (Å²) in [4.78, 5) is 14.3. The Morgan fingerprint density at radius 3 is 2.61 bits per heavy atom. The highest BCUT2D eigenvalue weighted by Crippen LogP contribution is 2.35. The fourth-order valence-corrected chi connectivity index (χ4v) is 3.87. The van der Waals surface area contributed by atoms with Gasteiger partial charge in [0.1, 0.15) is 17.8 Å². The molecule has 1 heterocycles. The zero-order valence-electron chi connectivity index (χ0n) is 15.8. The number of nitrogens with zero attached hydrogens (tertiary/aromatic N) is 1. The minimum Gasteiger partial charge on any atom is -0.491 e. The number of hydrogen-bond acceptors (Lipinski definition) is 5. The molecular weight excluding hydrogens is 358 g/mol. The molecule has 3 rings (SSSR count). The van der Waals surface area contributed by atoms with Crippen LogP contribution in [0.1, 0.15) is 17.5 Å². The van der Waals surface area contributed by atoms with Crippen LogP contribution in [0.15, 0.2) is 54.6 Å². The van der Waals surface area contributed by atoms with E-state index in [2.05, 4.69) is 4.90 Å². The topological polar surface area (TPSA) is 90.2 Å². The Bertz CT molecular complexity index is 782. The lowest BCUT2D eigenvalue weighted by molar-refractivity contribution is -0.163. The summed E-state index contributed by atoms with van der Waals surface area (Å²) in [7, 11) is 0. The van der Waals surface area contributed by atoms with Crippen LogP contribution in [0.3, 0.4) is 0 Å². The number of aliphatic hydroxyl groups is 2. The molecule has 3 N–H and O–H groups in total. The lowest BCUT2D eigenvalue weighted by atomic mass is 9.72. The number of carbonyl (C=O) groups is 1. The van der Waals surface area contributed by atoms with Crippen LogP contribution in [-0.4, -0.2) is 58.6 Å². The van der Waals surface area contributed by atoms with Crippen LogP contribution >= 0.6 is 0 Å². The Hall–Kier alpha value is -2.41. The van der Waals surface area contributed by atoms with Crippen molar-refractivity contribution in [2.24, 2.45) is 5.41 Å². The molecule has 0 unspecified atom stereocenters. The van der Waals surface area contributed by atoms with E-state index in [1.807, 2.05) is 54.6 Å². The highest BCUT2D eigenvalue weighted by Gasteiger charge is 2.49. The van der Waals surface area contributed by atoms with Crippen molar-refractivity contribution in [1.82, 2.24) is 4.90 Å². The number of carboxylic acid groups (broad SMARTS) is 1. The number of aliphatic carboxylic acids is 1. The first-order chi connectivity index (χ1) is 13.5. The molecule has 6 nitrogen and oxygen atoms in total. The van der Waals surface area contributed by atoms with Crippen molar-refractivity contribution in [1.29, 1.82) is 0 Å². The number of rotatable bonds is 8. The van der Waals surface area contributed by atoms with Gasteiger partial charge in [0.15, 0.2) is 0 Å². The third-order valence-corrected chi connectivity index (χ3v) is 5.32. The number of aliphatic hydroxyl groups excluding tert-OH is 2. The van der Waals surface area contributed by atoms with Crippen molar-refractivity contribution in [2.75, 3.05) is 26.3 Å². The largest absolute Gasteiger partial charge is 0.491 e. The van der Waals surface area contributed by atoms with Crippen molar-refractivity contribution in [3.63, 3.8) is 0 Å². The molecule has 2 aromatic rings. The van der Waals surface area contributed by atoms with E-state index in [0.717, 1.165) is 11.1 Å². The Morgan fingerprint density at radius 1 is 1.14 bits per heavy atom. The van der Waals surface area contributed by atoms with Gasteiger partial charge in [-0.3, -0.25) is 9.69 Å². The fraction of sp³-hybridized carbons (Fsp3) is 0.409. The number of likely N-dealkylation sites (tertiary alicyclic amines) is 1. The standard InChI is InChI=1S/C22H27NO5/c24-11-12-28-19-8-4-7-18(13-19)15-23-10-9-20(25)22(16-23,21(26)27)14-17-5-2-1-3-6-17/h1-8,13,20,24-25H,9-12,14-16H2,(H,26,27)/t20-,22+/m0/s1. The molecule has 1 saturated heterocycles. The maximum Gasteiger partial charge on any atom is 0.313 e. The number of benzene rings is 2. The molecule has 150 valence electrons. The monoisotopic (exact) mass is 385 g/mol. The average Bonchev–Trinajstić information content (AvgIpc) is 2.70. The van der Waals surface area contributed by atoms with Crippen molar-refractivity contribution in [2.45, 2.75) is 25.5 Å². The van der Waals surface area contributed by atoms with Gasteiger partial charge in [-0.25, -0.2) is 0 Å². The average molecular weight is 385 g/mol. The van der Waals surface area contributed by atoms with E-state index >= 15 is 0 Å². The van der Waals surface area contributed by atoms with Gasteiger partial charge in [-0.05, 0) is 36.1 Å². The van der Waals surface area contributed by atoms with Gasteiger partial charge in [0.2, 0.25) is 0 Å². The highest BCUT2D eigenvalue weighted by molar-refractivity contribution is 5.76. The Kier molecular flexibility index (Phi) is 6.67. The van der Waals surface area contributed by atoms with E-state index in [9.17, 15) is 15.0 Å². The van der Waals surface area contributed by atoms with Gasteiger partial charge in [0.05, 0.1) is 12.7 Å². The normalized spacial score (nSPS) is 22.7. The van der Waals surface area contributed by atoms with E-state index in [-0.39, 0.29) is 19.8 Å². The first-order valence-corrected chi connectivity index (χ1v) is 9.54. The van der Waals surface area contributed by atoms with Crippen LogP contribution < -0.4 is 4.74 Å². The van der Waals surface area contributed by atoms with E-state index in [1.165, 1.54) is 0 Å². The van der Waals surface area contributed by atoms with Gasteiger partial charge in [0, 0.05) is 19.6 Å². The molecule has 0 saturated carbocycles. The summed E-state index contributed by atoms with van der Waals surface area (Å²) >= 11 is 0. The molecule has 0 amide bonds. The third kappa shape index (κ3) is 4.70. The number of carboxylic acids is 1. The zero-order chi connectivity index (χ0) is 20.0. The van der Waals surface area contributed by atoms with Crippen LogP contribution in [0.25, 0.3) is 0 Å². The van der Waals surface area contributed by atoms with Crippen LogP contribution in [-0.2, 0) is 17.8 Å². The minimum absolute atomic E-state index is 0.0468. The van der Waals surface area contributed by atoms with Gasteiger partial charge >= 0.3 is 5.97 Å². The molecule has 0 bridgehead atoms. The van der Waals surface area contributed by atoms with Crippen LogP contribution in [0.4, 0.5) is 0 Å². The Morgan fingerprint density at radius 2 is 1.89 bits per heavy atom. The van der Waals surface area contributed by atoms with Gasteiger partial charge in [-0.2, -0.15) is 0 Å². The highest BCUT2D eigenvalue weighted by atomic mass is 16.5. The second-order valence-corrected chi connectivity index (χ2v) is 7.36. The molecule has 0 aromatic heterocycles. The molecule has 2 aromatic carbocycles. The summed E-state index contributed by atoms with van der Waals surface area (Å²) < 4.78 is 5.46. The van der Waals surface area contributed by atoms with Crippen LogP contribution in [0.5, 0.6) is 5.75 Å². The lowest BCUT2D eigenvalue weighted by Crippen LogP contribution is -2.56. The van der Waals surface area contributed by atoms with Gasteiger partial charge in [-0.1, -0.05) is 42.5 Å². The maximum absolute atomic E-state index is 12.2. The number of ether oxygens (including phenoxy) is 1. The first-order valence-electron chi connectivity index (χ1n) is 9.54. The molecule has 0 aliphatic carbocycles. The van der Waals surface area contributed by atoms with Gasteiger partial charge < -0.3 is 20.1 Å². The summed E-state index contributed by atoms with van der Waals surface area (Å²) in [6.45, 7) is 1.67. The second-order valence-electron chi connectivity index (χ2n) is 7.36. The first kappa shape index (κ1) is 20.3. The van der Waals surface area contributed by atoms with E-state index in [1.54, 1.807) is 0 Å². The zero-order valence-corrected chi connectivity index (χ0v) is 15.8. The second kappa shape index (κ2) is 9.19. The number of piperidine rings is 1. The fourth-order valence-electron chi connectivity index (χ4n) is 3.87. The molecule has 2 atom stereocenters. The Labute approximate surface area is 165 Å². The molecule has 0 spiro atoms. The van der Waals surface area contributed by atoms with Crippen molar-refractivity contribution >= 4 is 5.97 Å². The van der Waals surface area contributed by atoms with E-state index in [0.29, 0.717) is 31.7 Å². The molecule has 1 aliphatic rings. The summed E-state index contributed by atoms with van der Waals surface area (Å²) in [5.74, 6) is -0.286. The SMILES string of the molecule is O=C(O)[C@]1(Cc2ccccc2)CN(Cc2cccc(OCCO)c2)CC[C@@H]1O. The van der Waals surface area contributed by atoms with E-state index in [4.69, 9.17) is 9.84 Å². The van der Waals surface area contributed by atoms with Crippen LogP contribution in [0, 0.1) is 5.41 Å². The predicted molar refractivity (Wildman–Crippen MR) is 105 cm³/mol. The molecule has 0 radical (unpaired) electrons. The van der Waals surface area contributed by atoms with Gasteiger partial charge in [-0.15, -0.1) is 0 Å². The lowest BCUT2D eigenvalue weighted by Gasteiger charge is -2.43. The van der Waals surface area contributed by atoms with Gasteiger partial charge in [0.25, 0.3) is 0 Å². The van der Waals surface area contributed by atoms with Crippen molar-refractivity contribution in [3.05, 3.63) is 65.7 Å². The summed E-state index contributed by atoms with van der Waals surface area (Å²) in [6.07, 6.45) is -0.180. The number of hydrogen-bond donors (Lipinski definition) is 3. The summed E-state index contributed by atoms with van der Waals surface area (Å²) in [5, 5.41) is 29.5. The molecular formula is C22H27NO5. The molecule has 28 heavy (non-hydrogen) atoms. The van der Waals surface area contributed by atoms with Crippen molar-refractivity contribution < 1.29 is 24.9 Å². The predicted octanol–water partition coefficient (Wildman–Crippen LogP) is 1.94. The quantitative estimate of drug-likeness (QED) is 0.643. The third-order valence-electron chi connectivity index (χ3n) is 5.32. The Balaban J connectivity index is 1.76. The molecule has 1 fully saturated rings. The van der Waals surface area contributed by atoms with Crippen LogP contribution in [0.2, 0.25) is 0 Å². The maximum atomic E-state index is 12.2. The summed E-state index contributed by atoms with van der Waals surface area (Å²) in [6, 6.07) is 17.1. The summed E-state index contributed by atoms with van der Waals surface area (Å²) in [5.41, 5.74) is 0.681. The molecule has 6 heteroatoms.